The summed E-state index contributed by atoms with van der Waals surface area (Å²) >= 11 is 7.79. The number of para-hydroxylation sites is 1. The summed E-state index contributed by atoms with van der Waals surface area (Å²) in [5.41, 5.74) is 3.73. The molecule has 0 bridgehead atoms. The molecule has 0 spiro atoms. The number of thioether (sulfide) groups is 1. The van der Waals surface area contributed by atoms with Crippen molar-refractivity contribution < 1.29 is 0 Å². The van der Waals surface area contributed by atoms with E-state index in [-0.39, 0.29) is 0 Å². The average Bonchev–Trinajstić information content (AvgIpc) is 3.26. The summed E-state index contributed by atoms with van der Waals surface area (Å²) in [6.45, 7) is 2.50. The van der Waals surface area contributed by atoms with E-state index in [0.29, 0.717) is 0 Å². The quantitative estimate of drug-likeness (QED) is 0.353. The Morgan fingerprint density at radius 3 is 2.86 bits per heavy atom. The molecule has 2 aromatic carbocycles. The summed E-state index contributed by atoms with van der Waals surface area (Å²) in [4.78, 5) is 0. The van der Waals surface area contributed by atoms with Gasteiger partial charge in [0.05, 0.1) is 0 Å². The van der Waals surface area contributed by atoms with Crippen molar-refractivity contribution in [2.45, 2.75) is 18.2 Å². The summed E-state index contributed by atoms with van der Waals surface area (Å²) < 4.78 is 3.98. The van der Waals surface area contributed by atoms with Gasteiger partial charge in [0, 0.05) is 54.6 Å². The molecule has 2 heterocycles. The van der Waals surface area contributed by atoms with Crippen LogP contribution in [0.2, 0.25) is 5.02 Å². The number of hydrogen-bond donors (Lipinski definition) is 1. The zero-order valence-corrected chi connectivity index (χ0v) is 17.1. The number of tetrazole rings is 1. The van der Waals surface area contributed by atoms with E-state index >= 15 is 0 Å². The number of fused-ring (bicyclic) bond motifs is 1. The molecule has 0 aliphatic carbocycles. The van der Waals surface area contributed by atoms with Gasteiger partial charge in [-0.1, -0.05) is 53.7 Å². The SMILES string of the molecule is Cn1nnnc1SCCNCc1cn(Cc2cccc(Cl)c2)c2ccccc12. The highest BCUT2D eigenvalue weighted by molar-refractivity contribution is 7.99. The Morgan fingerprint density at radius 2 is 2.04 bits per heavy atom. The van der Waals surface area contributed by atoms with Crippen LogP contribution in [-0.4, -0.2) is 37.1 Å². The third-order valence-electron chi connectivity index (χ3n) is 4.52. The van der Waals surface area contributed by atoms with Crippen molar-refractivity contribution in [3.63, 3.8) is 0 Å². The Kier molecular flexibility index (Phi) is 5.95. The zero-order chi connectivity index (χ0) is 19.3. The van der Waals surface area contributed by atoms with Crippen molar-refractivity contribution in [1.29, 1.82) is 0 Å². The van der Waals surface area contributed by atoms with Crippen LogP contribution >= 0.6 is 23.4 Å². The van der Waals surface area contributed by atoms with Crippen molar-refractivity contribution >= 4 is 34.3 Å². The maximum atomic E-state index is 6.14. The van der Waals surface area contributed by atoms with Crippen molar-refractivity contribution in [1.82, 2.24) is 30.1 Å². The highest BCUT2D eigenvalue weighted by atomic mass is 35.5. The first-order chi connectivity index (χ1) is 13.7. The van der Waals surface area contributed by atoms with Gasteiger partial charge in [-0.2, -0.15) is 0 Å². The maximum Gasteiger partial charge on any atom is 0.209 e. The molecule has 0 aliphatic heterocycles. The van der Waals surface area contributed by atoms with Crippen molar-refractivity contribution in [2.24, 2.45) is 7.05 Å². The molecule has 0 atom stereocenters. The third-order valence-corrected chi connectivity index (χ3v) is 5.77. The molecule has 6 nitrogen and oxygen atoms in total. The molecular formula is C20H21ClN6S. The van der Waals surface area contributed by atoms with Gasteiger partial charge >= 0.3 is 0 Å². The number of nitrogens with one attached hydrogen (secondary N) is 1. The highest BCUT2D eigenvalue weighted by Crippen LogP contribution is 2.23. The number of halogens is 1. The molecular weight excluding hydrogens is 392 g/mol. The van der Waals surface area contributed by atoms with Crippen molar-refractivity contribution in [2.75, 3.05) is 12.3 Å². The second-order valence-corrected chi connectivity index (χ2v) is 8.04. The number of aromatic nitrogens is 5. The lowest BCUT2D eigenvalue weighted by Crippen LogP contribution is -2.16. The molecule has 4 aromatic rings. The molecule has 0 radical (unpaired) electrons. The minimum atomic E-state index is 0.770. The Bertz CT molecular complexity index is 1070. The molecule has 28 heavy (non-hydrogen) atoms. The van der Waals surface area contributed by atoms with Crippen LogP contribution in [0, 0.1) is 0 Å². The molecule has 8 heteroatoms. The van der Waals surface area contributed by atoms with E-state index in [2.05, 4.69) is 61.9 Å². The van der Waals surface area contributed by atoms with E-state index < -0.39 is 0 Å². The van der Waals surface area contributed by atoms with Crippen LogP contribution in [0.1, 0.15) is 11.1 Å². The molecule has 0 aliphatic rings. The van der Waals surface area contributed by atoms with E-state index in [1.165, 1.54) is 22.0 Å². The molecule has 0 saturated heterocycles. The van der Waals surface area contributed by atoms with Crippen LogP contribution in [0.15, 0.2) is 59.9 Å². The fourth-order valence-electron chi connectivity index (χ4n) is 3.21. The number of rotatable bonds is 8. The molecule has 0 saturated carbocycles. The van der Waals surface area contributed by atoms with Crippen molar-refractivity contribution in [3.8, 4) is 0 Å². The minimum absolute atomic E-state index is 0.770. The largest absolute Gasteiger partial charge is 0.343 e. The van der Waals surface area contributed by atoms with Crippen LogP contribution in [-0.2, 0) is 20.1 Å². The summed E-state index contributed by atoms with van der Waals surface area (Å²) in [6, 6.07) is 16.6. The normalized spacial score (nSPS) is 11.4. The molecule has 4 rings (SSSR count). The first-order valence-electron chi connectivity index (χ1n) is 9.08. The second kappa shape index (κ2) is 8.77. The Morgan fingerprint density at radius 1 is 1.14 bits per heavy atom. The van der Waals surface area contributed by atoms with Crippen LogP contribution in [0.4, 0.5) is 0 Å². The lowest BCUT2D eigenvalue weighted by molar-refractivity contribution is 0.663. The standard InChI is InChI=1S/C20H21ClN6S/c1-26-20(23-24-25-26)28-10-9-22-12-16-14-27(19-8-3-2-7-18(16)19)13-15-5-4-6-17(21)11-15/h2-8,11,14,22H,9-10,12-13H2,1H3. The molecule has 0 fully saturated rings. The maximum absolute atomic E-state index is 6.14. The Balaban J connectivity index is 1.42. The Hall–Kier alpha value is -2.35. The lowest BCUT2D eigenvalue weighted by atomic mass is 10.2. The molecule has 0 unspecified atom stereocenters. The fourth-order valence-corrected chi connectivity index (χ4v) is 4.17. The van der Waals surface area contributed by atoms with Crippen LogP contribution in [0.5, 0.6) is 0 Å². The summed E-state index contributed by atoms with van der Waals surface area (Å²) in [6.07, 6.45) is 2.23. The summed E-state index contributed by atoms with van der Waals surface area (Å²) in [5.74, 6) is 0.912. The van der Waals surface area contributed by atoms with E-state index in [9.17, 15) is 0 Å². The third kappa shape index (κ3) is 4.38. The van der Waals surface area contributed by atoms with Gasteiger partial charge in [0.25, 0.3) is 0 Å². The van der Waals surface area contributed by atoms with Gasteiger partial charge in [0.15, 0.2) is 0 Å². The predicted molar refractivity (Wildman–Crippen MR) is 114 cm³/mol. The second-order valence-electron chi connectivity index (χ2n) is 6.54. The van der Waals surface area contributed by atoms with Crippen LogP contribution < -0.4 is 5.32 Å². The average molecular weight is 413 g/mol. The molecule has 0 amide bonds. The Labute approximate surface area is 172 Å². The van der Waals surface area contributed by atoms with Gasteiger partial charge in [0.2, 0.25) is 5.16 Å². The van der Waals surface area contributed by atoms with E-state index in [1.54, 1.807) is 16.4 Å². The molecule has 2 aromatic heterocycles. The summed E-state index contributed by atoms with van der Waals surface area (Å²) in [7, 11) is 1.85. The van der Waals surface area contributed by atoms with E-state index in [0.717, 1.165) is 35.6 Å². The summed E-state index contributed by atoms with van der Waals surface area (Å²) in [5, 5.41) is 17.9. The fraction of sp³-hybridized carbons (Fsp3) is 0.250. The first kappa shape index (κ1) is 19.0. The lowest BCUT2D eigenvalue weighted by Gasteiger charge is -2.06. The van der Waals surface area contributed by atoms with Gasteiger partial charge in [-0.05, 0) is 39.8 Å². The first-order valence-corrected chi connectivity index (χ1v) is 10.4. The van der Waals surface area contributed by atoms with Gasteiger partial charge in [-0.15, -0.1) is 5.10 Å². The topological polar surface area (TPSA) is 60.6 Å². The van der Waals surface area contributed by atoms with E-state index in [1.807, 2.05) is 25.2 Å². The zero-order valence-electron chi connectivity index (χ0n) is 15.5. The van der Waals surface area contributed by atoms with Crippen molar-refractivity contribution in [3.05, 3.63) is 70.9 Å². The molecule has 1 N–H and O–H groups in total. The van der Waals surface area contributed by atoms with Crippen LogP contribution in [0.25, 0.3) is 10.9 Å². The monoisotopic (exact) mass is 412 g/mol. The van der Waals surface area contributed by atoms with E-state index in [4.69, 9.17) is 11.6 Å². The van der Waals surface area contributed by atoms with Gasteiger partial charge in [-0.3, -0.25) is 0 Å². The van der Waals surface area contributed by atoms with Gasteiger partial charge in [0.1, 0.15) is 0 Å². The minimum Gasteiger partial charge on any atom is -0.343 e. The van der Waals surface area contributed by atoms with Gasteiger partial charge in [-0.25, -0.2) is 4.68 Å². The number of hydrogen-bond acceptors (Lipinski definition) is 5. The number of nitrogens with zero attached hydrogens (tertiary/aromatic N) is 5. The van der Waals surface area contributed by atoms with Crippen LogP contribution in [0.3, 0.4) is 0 Å². The molecule has 144 valence electrons. The number of benzene rings is 2. The predicted octanol–water partition coefficient (Wildman–Crippen LogP) is 3.75. The smallest absolute Gasteiger partial charge is 0.209 e. The van der Waals surface area contributed by atoms with Gasteiger partial charge < -0.3 is 9.88 Å². The highest BCUT2D eigenvalue weighted by Gasteiger charge is 2.09. The number of aryl methyl sites for hydroxylation is 1.